The molecule has 1 fully saturated rings. The summed E-state index contributed by atoms with van der Waals surface area (Å²) in [6, 6.07) is 4.18. The van der Waals surface area contributed by atoms with Gasteiger partial charge in [0.15, 0.2) is 0 Å². The molecule has 0 aliphatic heterocycles. The van der Waals surface area contributed by atoms with E-state index in [9.17, 15) is 4.39 Å². The Morgan fingerprint density at radius 3 is 3.05 bits per heavy atom. The van der Waals surface area contributed by atoms with Crippen LogP contribution in [0.15, 0.2) is 24.4 Å². The molecular formula is C13H14ClFN4. The largest absolute Gasteiger partial charge is 0.311 e. The number of benzene rings is 1. The molecule has 1 saturated carbocycles. The quantitative estimate of drug-likeness (QED) is 0.915. The Morgan fingerprint density at radius 1 is 1.42 bits per heavy atom. The molecule has 19 heavy (non-hydrogen) atoms. The van der Waals surface area contributed by atoms with Crippen molar-refractivity contribution < 1.29 is 4.39 Å². The van der Waals surface area contributed by atoms with Gasteiger partial charge in [-0.25, -0.2) is 9.07 Å². The molecule has 1 aliphatic carbocycles. The van der Waals surface area contributed by atoms with E-state index in [0.29, 0.717) is 17.3 Å². The molecule has 1 aromatic carbocycles. The fourth-order valence-electron chi connectivity index (χ4n) is 1.88. The Morgan fingerprint density at radius 2 is 2.26 bits per heavy atom. The molecule has 1 aromatic heterocycles. The number of nitrogens with one attached hydrogen (secondary N) is 1. The molecule has 0 radical (unpaired) electrons. The summed E-state index contributed by atoms with van der Waals surface area (Å²) in [7, 11) is 0. The molecule has 3 rings (SSSR count). The molecule has 1 N–H and O–H groups in total. The minimum absolute atomic E-state index is 0.344. The van der Waals surface area contributed by atoms with Gasteiger partial charge in [0, 0.05) is 12.6 Å². The van der Waals surface area contributed by atoms with Crippen molar-refractivity contribution in [1.82, 2.24) is 20.3 Å². The van der Waals surface area contributed by atoms with Gasteiger partial charge in [-0.15, -0.1) is 5.10 Å². The van der Waals surface area contributed by atoms with Crippen LogP contribution in [0.4, 0.5) is 4.39 Å². The molecule has 0 amide bonds. The Balaban J connectivity index is 1.70. The lowest BCUT2D eigenvalue weighted by atomic mass is 10.3. The van der Waals surface area contributed by atoms with E-state index in [0.717, 1.165) is 18.2 Å². The maximum Gasteiger partial charge on any atom is 0.125 e. The number of aromatic nitrogens is 3. The van der Waals surface area contributed by atoms with E-state index in [1.165, 1.54) is 35.7 Å². The summed E-state index contributed by atoms with van der Waals surface area (Å²) in [6.45, 7) is 1.69. The zero-order valence-corrected chi connectivity index (χ0v) is 11.1. The van der Waals surface area contributed by atoms with Gasteiger partial charge in [0.1, 0.15) is 5.82 Å². The van der Waals surface area contributed by atoms with Gasteiger partial charge >= 0.3 is 0 Å². The standard InChI is InChI=1S/C13H14ClFN4/c14-12-4-3-10(15)5-13(12)19-8-11(17-18-19)7-16-6-9-1-2-9/h3-5,8-9,16H,1-2,6-7H2. The van der Waals surface area contributed by atoms with E-state index in [1.807, 2.05) is 0 Å². The third kappa shape index (κ3) is 3.11. The van der Waals surface area contributed by atoms with Gasteiger partial charge in [-0.1, -0.05) is 16.8 Å². The van der Waals surface area contributed by atoms with Crippen LogP contribution < -0.4 is 5.32 Å². The van der Waals surface area contributed by atoms with E-state index in [-0.39, 0.29) is 5.82 Å². The van der Waals surface area contributed by atoms with E-state index in [2.05, 4.69) is 15.6 Å². The molecule has 1 aliphatic rings. The van der Waals surface area contributed by atoms with Crippen LogP contribution >= 0.6 is 11.6 Å². The second-order valence-corrected chi connectivity index (χ2v) is 5.23. The van der Waals surface area contributed by atoms with Crippen LogP contribution in [-0.2, 0) is 6.54 Å². The van der Waals surface area contributed by atoms with Crippen molar-refractivity contribution >= 4 is 11.6 Å². The van der Waals surface area contributed by atoms with Gasteiger partial charge in [0.05, 0.1) is 22.6 Å². The summed E-state index contributed by atoms with van der Waals surface area (Å²) < 4.78 is 14.7. The molecule has 4 nitrogen and oxygen atoms in total. The SMILES string of the molecule is Fc1ccc(Cl)c(-n2cc(CNCC3CC3)nn2)c1. The first-order chi connectivity index (χ1) is 9.22. The van der Waals surface area contributed by atoms with Crippen molar-refractivity contribution in [1.29, 1.82) is 0 Å². The zero-order chi connectivity index (χ0) is 13.2. The predicted molar refractivity (Wildman–Crippen MR) is 70.8 cm³/mol. The normalized spacial score (nSPS) is 14.8. The molecule has 0 saturated heterocycles. The molecule has 2 aromatic rings. The first kappa shape index (κ1) is 12.6. The molecule has 0 bridgehead atoms. The number of halogens is 2. The lowest BCUT2D eigenvalue weighted by Crippen LogP contribution is -2.16. The third-order valence-electron chi connectivity index (χ3n) is 3.13. The third-order valence-corrected chi connectivity index (χ3v) is 3.45. The van der Waals surface area contributed by atoms with Crippen LogP contribution in [0, 0.1) is 11.7 Å². The minimum Gasteiger partial charge on any atom is -0.311 e. The van der Waals surface area contributed by atoms with Crippen LogP contribution in [0.1, 0.15) is 18.5 Å². The fraction of sp³-hybridized carbons (Fsp3) is 0.385. The first-order valence-corrected chi connectivity index (χ1v) is 6.67. The first-order valence-electron chi connectivity index (χ1n) is 6.30. The Hall–Kier alpha value is -1.46. The second-order valence-electron chi connectivity index (χ2n) is 4.82. The van der Waals surface area contributed by atoms with Crippen molar-refractivity contribution in [3.05, 3.63) is 40.9 Å². The summed E-state index contributed by atoms with van der Waals surface area (Å²) in [4.78, 5) is 0. The van der Waals surface area contributed by atoms with Gasteiger partial charge in [-0.05, 0) is 37.4 Å². The molecule has 0 spiro atoms. The number of nitrogens with zero attached hydrogens (tertiary/aromatic N) is 3. The Bertz CT molecular complexity index is 580. The summed E-state index contributed by atoms with van der Waals surface area (Å²) in [6.07, 6.45) is 4.40. The lowest BCUT2D eigenvalue weighted by molar-refractivity contribution is 0.624. The van der Waals surface area contributed by atoms with Crippen LogP contribution in [0.5, 0.6) is 0 Å². The number of hydrogen-bond acceptors (Lipinski definition) is 3. The maximum atomic E-state index is 13.2. The smallest absolute Gasteiger partial charge is 0.125 e. The average molecular weight is 281 g/mol. The number of rotatable bonds is 5. The van der Waals surface area contributed by atoms with Crippen molar-refractivity contribution in [2.24, 2.45) is 5.92 Å². The van der Waals surface area contributed by atoms with Crippen LogP contribution in [0.25, 0.3) is 5.69 Å². The lowest BCUT2D eigenvalue weighted by Gasteiger charge is -2.02. The topological polar surface area (TPSA) is 42.7 Å². The fourth-order valence-corrected chi connectivity index (χ4v) is 2.09. The average Bonchev–Trinajstić information content (AvgIpc) is 3.10. The Kier molecular flexibility index (Phi) is 3.48. The highest BCUT2D eigenvalue weighted by molar-refractivity contribution is 6.32. The van der Waals surface area contributed by atoms with Gasteiger partial charge < -0.3 is 5.32 Å². The zero-order valence-electron chi connectivity index (χ0n) is 10.3. The Labute approximate surface area is 115 Å². The van der Waals surface area contributed by atoms with E-state index in [4.69, 9.17) is 11.6 Å². The highest BCUT2D eigenvalue weighted by Gasteiger charge is 2.20. The van der Waals surface area contributed by atoms with Gasteiger partial charge in [-0.3, -0.25) is 0 Å². The highest BCUT2D eigenvalue weighted by atomic mass is 35.5. The minimum atomic E-state index is -0.344. The predicted octanol–water partition coefficient (Wildman–Crippen LogP) is 2.56. The van der Waals surface area contributed by atoms with E-state index < -0.39 is 0 Å². The van der Waals surface area contributed by atoms with E-state index >= 15 is 0 Å². The summed E-state index contributed by atoms with van der Waals surface area (Å²) >= 11 is 6.02. The summed E-state index contributed by atoms with van der Waals surface area (Å²) in [5, 5.41) is 11.8. The van der Waals surface area contributed by atoms with Gasteiger partial charge in [0.2, 0.25) is 0 Å². The van der Waals surface area contributed by atoms with Crippen LogP contribution in [0.3, 0.4) is 0 Å². The maximum absolute atomic E-state index is 13.2. The van der Waals surface area contributed by atoms with Crippen molar-refractivity contribution in [2.45, 2.75) is 19.4 Å². The second kappa shape index (κ2) is 5.27. The van der Waals surface area contributed by atoms with Crippen LogP contribution in [0.2, 0.25) is 5.02 Å². The number of hydrogen-bond donors (Lipinski definition) is 1. The monoisotopic (exact) mass is 280 g/mol. The van der Waals surface area contributed by atoms with Crippen LogP contribution in [-0.4, -0.2) is 21.5 Å². The molecule has 1 heterocycles. The summed E-state index contributed by atoms with van der Waals surface area (Å²) in [5.41, 5.74) is 1.32. The molecule has 0 unspecified atom stereocenters. The molecule has 100 valence electrons. The molecular weight excluding hydrogens is 267 g/mol. The van der Waals surface area contributed by atoms with Crippen molar-refractivity contribution in [2.75, 3.05) is 6.54 Å². The van der Waals surface area contributed by atoms with Crippen molar-refractivity contribution in [3.63, 3.8) is 0 Å². The van der Waals surface area contributed by atoms with Crippen molar-refractivity contribution in [3.8, 4) is 5.69 Å². The van der Waals surface area contributed by atoms with Gasteiger partial charge in [-0.2, -0.15) is 0 Å². The van der Waals surface area contributed by atoms with Gasteiger partial charge in [0.25, 0.3) is 0 Å². The summed E-state index contributed by atoms with van der Waals surface area (Å²) in [5.74, 6) is 0.482. The van der Waals surface area contributed by atoms with E-state index in [1.54, 1.807) is 6.20 Å². The molecule has 6 heteroatoms. The highest BCUT2D eigenvalue weighted by Crippen LogP contribution is 2.27. The molecule has 0 atom stereocenters.